The Bertz CT molecular complexity index is 906. The number of aryl methyl sites for hydroxylation is 1. The van der Waals surface area contributed by atoms with Gasteiger partial charge in [0.25, 0.3) is 11.8 Å². The third-order valence-electron chi connectivity index (χ3n) is 5.84. The molecule has 0 aliphatic carbocycles. The molecule has 1 aliphatic heterocycles. The second-order valence-electron chi connectivity index (χ2n) is 8.17. The number of anilines is 2. The lowest BCUT2D eigenvalue weighted by Gasteiger charge is -2.37. The zero-order chi connectivity index (χ0) is 22.4. The summed E-state index contributed by atoms with van der Waals surface area (Å²) in [6.07, 6.45) is 0. The fourth-order valence-electron chi connectivity index (χ4n) is 3.86. The van der Waals surface area contributed by atoms with Crippen molar-refractivity contribution in [2.45, 2.75) is 13.8 Å². The number of benzene rings is 2. The average Bonchev–Trinajstić information content (AvgIpc) is 2.76. The first-order valence-corrected chi connectivity index (χ1v) is 10.7. The molecule has 1 atom stereocenters. The van der Waals surface area contributed by atoms with E-state index in [9.17, 15) is 9.59 Å². The summed E-state index contributed by atoms with van der Waals surface area (Å²) in [5.74, 6) is 0.717. The third kappa shape index (κ3) is 5.98. The highest BCUT2D eigenvalue weighted by Gasteiger charge is 2.25. The first-order chi connectivity index (χ1) is 14.9. The molecule has 31 heavy (non-hydrogen) atoms. The fraction of sp³-hybridized carbons (Fsp3) is 0.417. The van der Waals surface area contributed by atoms with E-state index in [1.807, 2.05) is 11.9 Å². The number of rotatable bonds is 7. The van der Waals surface area contributed by atoms with Crippen LogP contribution in [0.25, 0.3) is 0 Å². The standard InChI is InChI=1S/C24H32N4O3/c1-18-6-5-7-22(19(18)2)27-12-14-28(15-13-27)24(30)17-26(3)16-23(29)25-20-8-10-21(31-4)11-9-20/h5-11H,12-17H2,1-4H3,(H,25,29)/p+1. The van der Waals surface area contributed by atoms with E-state index in [2.05, 4.69) is 42.3 Å². The minimum Gasteiger partial charge on any atom is -0.497 e. The molecule has 1 aliphatic rings. The lowest BCUT2D eigenvalue weighted by molar-refractivity contribution is -0.862. The van der Waals surface area contributed by atoms with Gasteiger partial charge in [0.05, 0.1) is 14.2 Å². The molecule has 2 aromatic carbocycles. The minimum atomic E-state index is -0.116. The number of nitrogens with zero attached hydrogens (tertiary/aromatic N) is 2. The van der Waals surface area contributed by atoms with Gasteiger partial charge in [-0.3, -0.25) is 9.59 Å². The monoisotopic (exact) mass is 425 g/mol. The molecule has 2 aromatic rings. The van der Waals surface area contributed by atoms with Crippen LogP contribution < -0.4 is 19.9 Å². The normalized spacial score (nSPS) is 14.8. The number of likely N-dealkylation sites (N-methyl/N-ethyl adjacent to an activating group) is 1. The summed E-state index contributed by atoms with van der Waals surface area (Å²) in [6.45, 7) is 7.88. The molecule has 1 heterocycles. The van der Waals surface area contributed by atoms with Crippen molar-refractivity contribution in [2.24, 2.45) is 0 Å². The van der Waals surface area contributed by atoms with Gasteiger partial charge in [0.15, 0.2) is 13.1 Å². The summed E-state index contributed by atoms with van der Waals surface area (Å²) in [4.78, 5) is 30.2. The predicted molar refractivity (Wildman–Crippen MR) is 123 cm³/mol. The number of nitrogens with one attached hydrogen (secondary N) is 2. The highest BCUT2D eigenvalue weighted by Crippen LogP contribution is 2.23. The van der Waals surface area contributed by atoms with E-state index in [0.29, 0.717) is 25.3 Å². The molecule has 1 fully saturated rings. The molecule has 3 rings (SSSR count). The van der Waals surface area contributed by atoms with Crippen molar-refractivity contribution in [3.05, 3.63) is 53.6 Å². The van der Waals surface area contributed by atoms with Crippen molar-refractivity contribution >= 4 is 23.2 Å². The van der Waals surface area contributed by atoms with E-state index in [1.165, 1.54) is 16.8 Å². The third-order valence-corrected chi connectivity index (χ3v) is 5.84. The van der Waals surface area contributed by atoms with Crippen molar-refractivity contribution < 1.29 is 19.2 Å². The zero-order valence-electron chi connectivity index (χ0n) is 18.9. The number of amides is 2. The molecular weight excluding hydrogens is 392 g/mol. The molecule has 1 unspecified atom stereocenters. The van der Waals surface area contributed by atoms with E-state index in [4.69, 9.17) is 4.74 Å². The molecule has 166 valence electrons. The summed E-state index contributed by atoms with van der Waals surface area (Å²) < 4.78 is 5.12. The maximum atomic E-state index is 12.7. The summed E-state index contributed by atoms with van der Waals surface area (Å²) in [5, 5.41) is 2.86. The van der Waals surface area contributed by atoms with E-state index in [1.54, 1.807) is 31.4 Å². The van der Waals surface area contributed by atoms with Crippen molar-refractivity contribution in [2.75, 3.05) is 63.6 Å². The highest BCUT2D eigenvalue weighted by molar-refractivity contribution is 5.91. The van der Waals surface area contributed by atoms with Crippen molar-refractivity contribution in [3.8, 4) is 5.75 Å². The van der Waals surface area contributed by atoms with Gasteiger partial charge < -0.3 is 24.8 Å². The van der Waals surface area contributed by atoms with Gasteiger partial charge in [-0.15, -0.1) is 0 Å². The van der Waals surface area contributed by atoms with Crippen molar-refractivity contribution in [1.29, 1.82) is 0 Å². The van der Waals surface area contributed by atoms with Crippen LogP contribution in [-0.2, 0) is 9.59 Å². The molecular formula is C24H33N4O3+. The summed E-state index contributed by atoms with van der Waals surface area (Å²) >= 11 is 0. The van der Waals surface area contributed by atoms with E-state index < -0.39 is 0 Å². The summed E-state index contributed by atoms with van der Waals surface area (Å²) in [5.41, 5.74) is 4.56. The molecule has 0 bridgehead atoms. The van der Waals surface area contributed by atoms with Crippen LogP contribution in [0.1, 0.15) is 11.1 Å². The minimum absolute atomic E-state index is 0.0929. The number of carbonyl (C=O) groups excluding carboxylic acids is 2. The Balaban J connectivity index is 1.44. The van der Waals surface area contributed by atoms with Crippen molar-refractivity contribution in [1.82, 2.24) is 4.90 Å². The molecule has 7 heteroatoms. The van der Waals surface area contributed by atoms with Gasteiger partial charge >= 0.3 is 0 Å². The van der Waals surface area contributed by atoms with Crippen LogP contribution in [0.3, 0.4) is 0 Å². The fourth-order valence-corrected chi connectivity index (χ4v) is 3.86. The summed E-state index contributed by atoms with van der Waals surface area (Å²) in [6, 6.07) is 13.6. The van der Waals surface area contributed by atoms with Gasteiger partial charge in [0.2, 0.25) is 0 Å². The number of piperazine rings is 1. The first-order valence-electron chi connectivity index (χ1n) is 10.7. The Kier molecular flexibility index (Phi) is 7.52. The van der Waals surface area contributed by atoms with Gasteiger partial charge in [-0.2, -0.15) is 0 Å². The van der Waals surface area contributed by atoms with Gasteiger partial charge in [-0.05, 0) is 55.3 Å². The van der Waals surface area contributed by atoms with Gasteiger partial charge in [-0.1, -0.05) is 12.1 Å². The molecule has 1 saturated heterocycles. The Hall–Kier alpha value is -3.06. The lowest BCUT2D eigenvalue weighted by Crippen LogP contribution is -3.11. The van der Waals surface area contributed by atoms with E-state index >= 15 is 0 Å². The van der Waals surface area contributed by atoms with Crippen LogP contribution in [0.2, 0.25) is 0 Å². The zero-order valence-corrected chi connectivity index (χ0v) is 18.9. The Morgan fingerprint density at radius 1 is 1.00 bits per heavy atom. The first kappa shape index (κ1) is 22.6. The SMILES string of the molecule is COc1ccc(NC(=O)C[NH+](C)CC(=O)N2CCN(c3cccc(C)c3C)CC2)cc1. The van der Waals surface area contributed by atoms with Crippen LogP contribution >= 0.6 is 0 Å². The Morgan fingerprint density at radius 3 is 2.32 bits per heavy atom. The van der Waals surface area contributed by atoms with Crippen LogP contribution in [-0.4, -0.2) is 70.1 Å². The van der Waals surface area contributed by atoms with E-state index in [-0.39, 0.29) is 18.4 Å². The van der Waals surface area contributed by atoms with Crippen LogP contribution in [0.4, 0.5) is 11.4 Å². The molecule has 2 amide bonds. The largest absolute Gasteiger partial charge is 0.497 e. The van der Waals surface area contributed by atoms with Crippen LogP contribution in [0.15, 0.2) is 42.5 Å². The molecule has 0 aromatic heterocycles. The van der Waals surface area contributed by atoms with E-state index in [0.717, 1.165) is 23.7 Å². The Labute approximate surface area is 184 Å². The van der Waals surface area contributed by atoms with Crippen LogP contribution in [0.5, 0.6) is 5.75 Å². The quantitative estimate of drug-likeness (QED) is 0.698. The molecule has 0 saturated carbocycles. The molecule has 7 nitrogen and oxygen atoms in total. The van der Waals surface area contributed by atoms with Crippen molar-refractivity contribution in [3.63, 3.8) is 0 Å². The molecule has 0 spiro atoms. The second-order valence-corrected chi connectivity index (χ2v) is 8.17. The second kappa shape index (κ2) is 10.3. The average molecular weight is 426 g/mol. The number of carbonyl (C=O) groups is 2. The predicted octanol–water partition coefficient (Wildman–Crippen LogP) is 1.11. The topological polar surface area (TPSA) is 66.3 Å². The number of hydrogen-bond donors (Lipinski definition) is 2. The van der Waals surface area contributed by atoms with Gasteiger partial charge in [0.1, 0.15) is 5.75 Å². The number of quaternary nitrogens is 1. The maximum absolute atomic E-state index is 12.7. The highest BCUT2D eigenvalue weighted by atomic mass is 16.5. The van der Waals surface area contributed by atoms with Crippen LogP contribution in [0, 0.1) is 13.8 Å². The number of methoxy groups -OCH3 is 1. The Morgan fingerprint density at radius 2 is 1.68 bits per heavy atom. The summed E-state index contributed by atoms with van der Waals surface area (Å²) in [7, 11) is 3.48. The molecule has 0 radical (unpaired) electrons. The van der Waals surface area contributed by atoms with Gasteiger partial charge in [0, 0.05) is 37.6 Å². The number of ether oxygens (including phenoxy) is 1. The van der Waals surface area contributed by atoms with Gasteiger partial charge in [-0.25, -0.2) is 0 Å². The smallest absolute Gasteiger partial charge is 0.279 e. The lowest BCUT2D eigenvalue weighted by atomic mass is 10.1. The molecule has 2 N–H and O–H groups in total. The number of hydrogen-bond acceptors (Lipinski definition) is 4. The maximum Gasteiger partial charge on any atom is 0.279 e.